The van der Waals surface area contributed by atoms with E-state index in [-0.39, 0.29) is 18.6 Å². The molecule has 5 nitrogen and oxygen atoms in total. The lowest BCUT2D eigenvalue weighted by molar-refractivity contribution is -0.117. The van der Waals surface area contributed by atoms with Crippen LogP contribution in [0.3, 0.4) is 0 Å². The standard InChI is InChI=1S/C20H22Br2N2O3/c1-3-24(10-14-12-26-17-6-4-5-7-18(17)27-14)11-19(25)23-20-15(21)8-13(2)9-16(20)22/h4-9,14H,3,10-12H2,1-2H3,(H,23,25). The maximum Gasteiger partial charge on any atom is 0.238 e. The first-order valence-electron chi connectivity index (χ1n) is 8.82. The Morgan fingerprint density at radius 1 is 1.22 bits per heavy atom. The fraction of sp³-hybridized carbons (Fsp3) is 0.350. The topological polar surface area (TPSA) is 50.8 Å². The van der Waals surface area contributed by atoms with Crippen molar-refractivity contribution in [2.45, 2.75) is 20.0 Å². The van der Waals surface area contributed by atoms with Crippen LogP contribution in [0.5, 0.6) is 11.5 Å². The number of amides is 1. The van der Waals surface area contributed by atoms with Crippen molar-refractivity contribution in [2.75, 3.05) is 31.6 Å². The molecule has 0 bridgehead atoms. The monoisotopic (exact) mass is 496 g/mol. The van der Waals surface area contributed by atoms with Crippen LogP contribution in [-0.2, 0) is 4.79 Å². The summed E-state index contributed by atoms with van der Waals surface area (Å²) in [5, 5.41) is 2.98. The Bertz CT molecular complexity index is 806. The van der Waals surface area contributed by atoms with E-state index >= 15 is 0 Å². The summed E-state index contributed by atoms with van der Waals surface area (Å²) < 4.78 is 13.5. The zero-order valence-electron chi connectivity index (χ0n) is 15.3. The fourth-order valence-electron chi connectivity index (χ4n) is 2.95. The van der Waals surface area contributed by atoms with Crippen LogP contribution in [0.4, 0.5) is 5.69 Å². The Hall–Kier alpha value is -1.57. The molecule has 1 N–H and O–H groups in total. The molecule has 0 radical (unpaired) electrons. The molecule has 3 rings (SSSR count). The van der Waals surface area contributed by atoms with Gasteiger partial charge in [-0.05, 0) is 75.2 Å². The zero-order valence-corrected chi connectivity index (χ0v) is 18.5. The summed E-state index contributed by atoms with van der Waals surface area (Å²) in [4.78, 5) is 14.6. The number of carbonyl (C=O) groups excluding carboxylic acids is 1. The van der Waals surface area contributed by atoms with Gasteiger partial charge in [-0.25, -0.2) is 0 Å². The van der Waals surface area contributed by atoms with Crippen LogP contribution in [0.1, 0.15) is 12.5 Å². The molecule has 0 fully saturated rings. The van der Waals surface area contributed by atoms with E-state index in [2.05, 4.69) is 37.2 Å². The lowest BCUT2D eigenvalue weighted by Crippen LogP contribution is -2.43. The van der Waals surface area contributed by atoms with Crippen LogP contribution < -0.4 is 14.8 Å². The summed E-state index contributed by atoms with van der Waals surface area (Å²) in [6.45, 7) is 6.15. The maximum absolute atomic E-state index is 12.5. The smallest absolute Gasteiger partial charge is 0.238 e. The van der Waals surface area contributed by atoms with Crippen molar-refractivity contribution >= 4 is 43.5 Å². The number of rotatable bonds is 6. The molecule has 144 valence electrons. The van der Waals surface area contributed by atoms with Gasteiger partial charge in [-0.3, -0.25) is 9.69 Å². The van der Waals surface area contributed by atoms with Crippen molar-refractivity contribution in [3.05, 3.63) is 50.9 Å². The second kappa shape index (κ2) is 9.08. The highest BCUT2D eigenvalue weighted by Crippen LogP contribution is 2.33. The molecule has 0 saturated carbocycles. The molecular formula is C20H22Br2N2O3. The number of anilines is 1. The van der Waals surface area contributed by atoms with Gasteiger partial charge in [-0.2, -0.15) is 0 Å². The number of nitrogens with one attached hydrogen (secondary N) is 1. The second-order valence-corrected chi connectivity index (χ2v) is 8.19. The van der Waals surface area contributed by atoms with Gasteiger partial charge in [0.15, 0.2) is 11.5 Å². The molecule has 0 aliphatic carbocycles. The van der Waals surface area contributed by atoms with Gasteiger partial charge in [-0.15, -0.1) is 0 Å². The van der Waals surface area contributed by atoms with Crippen molar-refractivity contribution < 1.29 is 14.3 Å². The van der Waals surface area contributed by atoms with Gasteiger partial charge in [0.1, 0.15) is 12.7 Å². The maximum atomic E-state index is 12.5. The number of fused-ring (bicyclic) bond motifs is 1. The average molecular weight is 498 g/mol. The minimum absolute atomic E-state index is 0.0702. The summed E-state index contributed by atoms with van der Waals surface area (Å²) in [7, 11) is 0. The van der Waals surface area contributed by atoms with Gasteiger partial charge in [-0.1, -0.05) is 19.1 Å². The van der Waals surface area contributed by atoms with E-state index in [1.165, 1.54) is 0 Å². The number of hydrogen-bond acceptors (Lipinski definition) is 4. The van der Waals surface area contributed by atoms with Crippen molar-refractivity contribution in [2.24, 2.45) is 0 Å². The first-order chi connectivity index (χ1) is 13.0. The number of nitrogens with zero attached hydrogens (tertiary/aromatic N) is 1. The van der Waals surface area contributed by atoms with E-state index in [1.54, 1.807) is 0 Å². The Morgan fingerprint density at radius 3 is 2.56 bits per heavy atom. The number of benzene rings is 2. The molecule has 0 aromatic heterocycles. The van der Waals surface area contributed by atoms with E-state index in [0.29, 0.717) is 13.2 Å². The largest absolute Gasteiger partial charge is 0.486 e. The molecule has 27 heavy (non-hydrogen) atoms. The minimum Gasteiger partial charge on any atom is -0.486 e. The van der Waals surface area contributed by atoms with Crippen LogP contribution >= 0.6 is 31.9 Å². The molecule has 1 aliphatic heterocycles. The third-order valence-corrected chi connectivity index (χ3v) is 5.55. The van der Waals surface area contributed by atoms with Crippen molar-refractivity contribution in [1.29, 1.82) is 0 Å². The Morgan fingerprint density at radius 2 is 1.89 bits per heavy atom. The zero-order chi connectivity index (χ0) is 19.4. The van der Waals surface area contributed by atoms with E-state index in [4.69, 9.17) is 9.47 Å². The average Bonchev–Trinajstić information content (AvgIpc) is 2.64. The van der Waals surface area contributed by atoms with E-state index in [0.717, 1.165) is 38.2 Å². The molecule has 1 atom stereocenters. The number of hydrogen-bond donors (Lipinski definition) is 1. The number of likely N-dealkylation sites (N-methyl/N-ethyl adjacent to an activating group) is 1. The number of aryl methyl sites for hydroxylation is 1. The highest BCUT2D eigenvalue weighted by molar-refractivity contribution is 9.11. The lowest BCUT2D eigenvalue weighted by atomic mass is 10.2. The molecule has 0 spiro atoms. The van der Waals surface area contributed by atoms with Crippen LogP contribution in [-0.4, -0.2) is 43.2 Å². The van der Waals surface area contributed by atoms with Crippen LogP contribution in [0.15, 0.2) is 45.3 Å². The summed E-state index contributed by atoms with van der Waals surface area (Å²) in [6, 6.07) is 11.6. The predicted molar refractivity (Wildman–Crippen MR) is 114 cm³/mol. The van der Waals surface area contributed by atoms with E-state index in [9.17, 15) is 4.79 Å². The van der Waals surface area contributed by atoms with Crippen LogP contribution in [0.2, 0.25) is 0 Å². The predicted octanol–water partition coefficient (Wildman–Crippen LogP) is 4.62. The SMILES string of the molecule is CCN(CC(=O)Nc1c(Br)cc(C)cc1Br)CC1COc2ccccc2O1. The molecule has 2 aromatic rings. The number of ether oxygens (including phenoxy) is 2. The summed E-state index contributed by atoms with van der Waals surface area (Å²) in [6.07, 6.45) is -0.106. The highest BCUT2D eigenvalue weighted by Gasteiger charge is 2.23. The normalized spacial score (nSPS) is 15.7. The van der Waals surface area contributed by atoms with Gasteiger partial charge < -0.3 is 14.8 Å². The van der Waals surface area contributed by atoms with Crippen molar-refractivity contribution in [3.8, 4) is 11.5 Å². The second-order valence-electron chi connectivity index (χ2n) is 6.48. The van der Waals surface area contributed by atoms with Crippen molar-refractivity contribution in [1.82, 2.24) is 4.90 Å². The van der Waals surface area contributed by atoms with Crippen LogP contribution in [0.25, 0.3) is 0 Å². The lowest BCUT2D eigenvalue weighted by Gasteiger charge is -2.30. The number of halogens is 2. The third kappa shape index (κ3) is 5.24. The molecule has 1 aliphatic rings. The van der Waals surface area contributed by atoms with Gasteiger partial charge in [0.2, 0.25) is 5.91 Å². The first kappa shape index (κ1) is 20.2. The minimum atomic E-state index is -0.106. The molecular weight excluding hydrogens is 476 g/mol. The van der Waals surface area contributed by atoms with Gasteiger partial charge in [0, 0.05) is 15.5 Å². The molecule has 2 aromatic carbocycles. The molecule has 1 heterocycles. The number of para-hydroxylation sites is 2. The Kier molecular flexibility index (Phi) is 6.78. The molecule has 1 unspecified atom stereocenters. The summed E-state index contributed by atoms with van der Waals surface area (Å²) in [5.41, 5.74) is 1.85. The highest BCUT2D eigenvalue weighted by atomic mass is 79.9. The third-order valence-electron chi connectivity index (χ3n) is 4.29. The Balaban J connectivity index is 1.58. The molecule has 1 amide bonds. The van der Waals surface area contributed by atoms with Gasteiger partial charge in [0.05, 0.1) is 12.2 Å². The van der Waals surface area contributed by atoms with Gasteiger partial charge in [0.25, 0.3) is 0 Å². The Labute approximate surface area is 176 Å². The summed E-state index contributed by atoms with van der Waals surface area (Å²) in [5.74, 6) is 1.45. The van der Waals surface area contributed by atoms with Crippen molar-refractivity contribution in [3.63, 3.8) is 0 Å². The van der Waals surface area contributed by atoms with Crippen LogP contribution in [0, 0.1) is 6.92 Å². The quantitative estimate of drug-likeness (QED) is 0.632. The fourth-order valence-corrected chi connectivity index (χ4v) is 4.56. The van der Waals surface area contributed by atoms with E-state index in [1.807, 2.05) is 55.1 Å². The van der Waals surface area contributed by atoms with Gasteiger partial charge >= 0.3 is 0 Å². The molecule has 7 heteroatoms. The summed E-state index contributed by atoms with van der Waals surface area (Å²) >= 11 is 7.02. The first-order valence-corrected chi connectivity index (χ1v) is 10.4. The molecule has 0 saturated heterocycles. The number of carbonyl (C=O) groups is 1. The van der Waals surface area contributed by atoms with E-state index < -0.39 is 0 Å².